The van der Waals surface area contributed by atoms with Crippen LogP contribution in [0.2, 0.25) is 0 Å². The predicted molar refractivity (Wildman–Crippen MR) is 38.8 cm³/mol. The van der Waals surface area contributed by atoms with E-state index in [-0.39, 0.29) is 17.0 Å². The molecule has 0 atom stereocenters. The van der Waals surface area contributed by atoms with Gasteiger partial charge in [0.15, 0.2) is 19.4 Å². The molecule has 0 N–H and O–H groups in total. The molecule has 0 fully saturated rings. The highest BCUT2D eigenvalue weighted by Crippen LogP contribution is 1.78. The van der Waals surface area contributed by atoms with E-state index >= 15 is 0 Å². The monoisotopic (exact) mass is 209 g/mol. The molecule has 0 saturated carbocycles. The van der Waals surface area contributed by atoms with Crippen LogP contribution >= 0.6 is 0 Å². The summed E-state index contributed by atoms with van der Waals surface area (Å²) in [5.74, 6) is 0. The molecule has 0 unspecified atom stereocenters. The second-order valence-corrected chi connectivity index (χ2v) is 1.74. The van der Waals surface area contributed by atoms with Gasteiger partial charge < -0.3 is 17.0 Å². The Morgan fingerprint density at radius 1 is 1.30 bits per heavy atom. The SMILES string of the molecule is CCC=[N+](CC)OCC.[Br-]. The van der Waals surface area contributed by atoms with E-state index in [0.717, 1.165) is 19.6 Å². The molecule has 0 bridgehead atoms. The fraction of sp³-hybridized carbons (Fsp3) is 0.857. The van der Waals surface area contributed by atoms with E-state index in [1.165, 1.54) is 0 Å². The molecule has 0 saturated heterocycles. The van der Waals surface area contributed by atoms with Gasteiger partial charge in [-0.1, -0.05) is 6.92 Å². The molecular weight excluding hydrogens is 194 g/mol. The number of rotatable bonds is 4. The summed E-state index contributed by atoms with van der Waals surface area (Å²) in [5.41, 5.74) is 0. The molecule has 0 aliphatic rings. The van der Waals surface area contributed by atoms with Crippen LogP contribution in [0.5, 0.6) is 0 Å². The van der Waals surface area contributed by atoms with Crippen molar-refractivity contribution < 1.29 is 26.6 Å². The summed E-state index contributed by atoms with van der Waals surface area (Å²) in [6, 6.07) is 0. The van der Waals surface area contributed by atoms with Gasteiger partial charge in [-0.2, -0.15) is 0 Å². The summed E-state index contributed by atoms with van der Waals surface area (Å²) in [6.07, 6.45) is 3.08. The molecule has 10 heavy (non-hydrogen) atoms. The summed E-state index contributed by atoms with van der Waals surface area (Å²) >= 11 is 0. The second kappa shape index (κ2) is 8.95. The number of hydrogen-bond donors (Lipinski definition) is 0. The Bertz CT molecular complexity index is 93.6. The highest BCUT2D eigenvalue weighted by molar-refractivity contribution is 5.49. The number of nitrogens with zero attached hydrogens (tertiary/aromatic N) is 1. The molecule has 0 aliphatic heterocycles. The Morgan fingerprint density at radius 3 is 2.20 bits per heavy atom. The third-order valence-corrected chi connectivity index (χ3v) is 0.993. The van der Waals surface area contributed by atoms with Gasteiger partial charge in [-0.3, -0.25) is 4.84 Å². The lowest BCUT2D eigenvalue weighted by molar-refractivity contribution is -0.782. The number of hydrogen-bond acceptors (Lipinski definition) is 1. The lowest BCUT2D eigenvalue weighted by Gasteiger charge is -1.95. The van der Waals surface area contributed by atoms with E-state index in [4.69, 9.17) is 4.84 Å². The summed E-state index contributed by atoms with van der Waals surface area (Å²) in [4.78, 5) is 5.21. The molecule has 0 spiro atoms. The Morgan fingerprint density at radius 2 is 1.90 bits per heavy atom. The third kappa shape index (κ3) is 6.08. The van der Waals surface area contributed by atoms with Crippen molar-refractivity contribution >= 4 is 6.21 Å². The second-order valence-electron chi connectivity index (χ2n) is 1.74. The van der Waals surface area contributed by atoms with Crippen LogP contribution in [-0.2, 0) is 4.84 Å². The molecule has 0 heterocycles. The van der Waals surface area contributed by atoms with Crippen LogP contribution in [0.25, 0.3) is 0 Å². The molecular formula is C7H16BrNO. The molecule has 0 aromatic heterocycles. The maximum absolute atomic E-state index is 5.21. The highest BCUT2D eigenvalue weighted by atomic mass is 79.9. The van der Waals surface area contributed by atoms with Crippen LogP contribution in [-0.4, -0.2) is 24.1 Å². The topological polar surface area (TPSA) is 12.2 Å². The molecule has 0 aliphatic carbocycles. The van der Waals surface area contributed by atoms with Gasteiger partial charge in [0.1, 0.15) is 0 Å². The van der Waals surface area contributed by atoms with Crippen LogP contribution in [0.15, 0.2) is 0 Å². The predicted octanol–water partition coefficient (Wildman–Crippen LogP) is -1.54. The van der Waals surface area contributed by atoms with E-state index in [1.54, 1.807) is 0 Å². The first kappa shape index (κ1) is 12.6. The van der Waals surface area contributed by atoms with Crippen LogP contribution in [0.4, 0.5) is 0 Å². The maximum Gasteiger partial charge on any atom is 0.192 e. The Balaban J connectivity index is 0. The average molecular weight is 210 g/mol. The van der Waals surface area contributed by atoms with E-state index < -0.39 is 0 Å². The quantitative estimate of drug-likeness (QED) is 0.311. The molecule has 0 radical (unpaired) electrons. The van der Waals surface area contributed by atoms with Crippen LogP contribution in [0.3, 0.4) is 0 Å². The Labute approximate surface area is 73.6 Å². The smallest absolute Gasteiger partial charge is 0.192 e. The largest absolute Gasteiger partial charge is 1.00 e. The zero-order valence-electron chi connectivity index (χ0n) is 6.93. The molecule has 2 nitrogen and oxygen atoms in total. The van der Waals surface area contributed by atoms with E-state index in [0.29, 0.717) is 0 Å². The summed E-state index contributed by atoms with van der Waals surface area (Å²) < 4.78 is 1.86. The molecule has 0 aromatic carbocycles. The van der Waals surface area contributed by atoms with Crippen molar-refractivity contribution in [2.45, 2.75) is 27.2 Å². The van der Waals surface area contributed by atoms with E-state index in [9.17, 15) is 0 Å². The minimum atomic E-state index is 0. The minimum absolute atomic E-state index is 0. The van der Waals surface area contributed by atoms with Gasteiger partial charge in [0.25, 0.3) is 0 Å². The van der Waals surface area contributed by atoms with Gasteiger partial charge in [0.05, 0.1) is 0 Å². The van der Waals surface area contributed by atoms with Gasteiger partial charge in [-0.05, 0) is 18.6 Å². The van der Waals surface area contributed by atoms with Gasteiger partial charge in [0, 0.05) is 6.42 Å². The van der Waals surface area contributed by atoms with Crippen molar-refractivity contribution in [3.63, 3.8) is 0 Å². The van der Waals surface area contributed by atoms with Gasteiger partial charge >= 0.3 is 0 Å². The standard InChI is InChI=1S/C7H16NO.BrH/c1-4-7-8(5-2)9-6-3;/h7H,4-6H2,1-3H3;1H/q+1;/p-1. The van der Waals surface area contributed by atoms with Crippen LogP contribution in [0.1, 0.15) is 27.2 Å². The Hall–Kier alpha value is -0.0500. The number of hydroxylamine groups is 1. The average Bonchev–Trinajstić information content (AvgIpc) is 1.88. The first-order chi connectivity index (χ1) is 4.35. The lowest BCUT2D eigenvalue weighted by Crippen LogP contribution is -3.00. The summed E-state index contributed by atoms with van der Waals surface area (Å²) in [7, 11) is 0. The van der Waals surface area contributed by atoms with Crippen molar-refractivity contribution in [2.24, 2.45) is 0 Å². The molecule has 3 heteroatoms. The molecule has 62 valence electrons. The highest BCUT2D eigenvalue weighted by Gasteiger charge is 1.95. The lowest BCUT2D eigenvalue weighted by atomic mass is 10.5. The van der Waals surface area contributed by atoms with Gasteiger partial charge in [-0.25, -0.2) is 0 Å². The van der Waals surface area contributed by atoms with Gasteiger partial charge in [-0.15, -0.1) is 0 Å². The van der Waals surface area contributed by atoms with Crippen molar-refractivity contribution in [1.82, 2.24) is 0 Å². The summed E-state index contributed by atoms with van der Waals surface area (Å²) in [5, 5.41) is 0. The Kier molecular flexibility index (Phi) is 11.3. The first-order valence-corrected chi connectivity index (χ1v) is 3.58. The van der Waals surface area contributed by atoms with Crippen molar-refractivity contribution in [1.29, 1.82) is 0 Å². The number of halogens is 1. The van der Waals surface area contributed by atoms with Crippen molar-refractivity contribution in [3.8, 4) is 0 Å². The molecule has 0 aromatic rings. The van der Waals surface area contributed by atoms with Crippen LogP contribution < -0.4 is 17.0 Å². The van der Waals surface area contributed by atoms with Crippen LogP contribution in [0, 0.1) is 0 Å². The van der Waals surface area contributed by atoms with Crippen molar-refractivity contribution in [2.75, 3.05) is 13.2 Å². The maximum atomic E-state index is 5.21. The van der Waals surface area contributed by atoms with E-state index in [1.807, 2.05) is 17.9 Å². The third-order valence-electron chi connectivity index (χ3n) is 0.993. The van der Waals surface area contributed by atoms with Gasteiger partial charge in [0.2, 0.25) is 0 Å². The van der Waals surface area contributed by atoms with Crippen molar-refractivity contribution in [3.05, 3.63) is 0 Å². The zero-order chi connectivity index (χ0) is 7.11. The zero-order valence-corrected chi connectivity index (χ0v) is 8.52. The summed E-state index contributed by atoms with van der Waals surface area (Å²) in [6.45, 7) is 7.85. The molecule has 0 rings (SSSR count). The minimum Gasteiger partial charge on any atom is -1.00 e. The normalized spacial score (nSPS) is 10.5. The molecule has 0 amide bonds. The first-order valence-electron chi connectivity index (χ1n) is 3.58. The van der Waals surface area contributed by atoms with E-state index in [2.05, 4.69) is 13.8 Å². The fourth-order valence-electron chi connectivity index (χ4n) is 0.643. The fourth-order valence-corrected chi connectivity index (χ4v) is 0.643.